The van der Waals surface area contributed by atoms with E-state index in [-0.39, 0.29) is 23.3 Å². The predicted molar refractivity (Wildman–Crippen MR) is 101 cm³/mol. The van der Waals surface area contributed by atoms with Gasteiger partial charge in [0.2, 0.25) is 0 Å². The number of likely N-dealkylation sites (tertiary alicyclic amines) is 1. The molecule has 2 aromatic rings. The van der Waals surface area contributed by atoms with E-state index < -0.39 is 11.0 Å². The van der Waals surface area contributed by atoms with Crippen LogP contribution >= 0.6 is 0 Å². The predicted octanol–water partition coefficient (Wildman–Crippen LogP) is 3.27. The third kappa shape index (κ3) is 1.75. The topological polar surface area (TPSA) is 54.5 Å². The maximum absolute atomic E-state index is 13.7. The lowest BCUT2D eigenvalue weighted by molar-refractivity contribution is -0.128. The van der Waals surface area contributed by atoms with Crippen molar-refractivity contribution in [3.63, 3.8) is 0 Å². The summed E-state index contributed by atoms with van der Waals surface area (Å²) in [6, 6.07) is 16.9. The SMILES string of the molecule is CN1C[C@@H](c2ccccc2)[C@@]2(CCCC2=O)C12C(=O)c1ccccc1C2=O. The summed E-state index contributed by atoms with van der Waals surface area (Å²) < 4.78 is 0. The fraction of sp³-hybridized carbons (Fsp3) is 0.348. The second-order valence-electron chi connectivity index (χ2n) is 8.01. The van der Waals surface area contributed by atoms with E-state index in [1.54, 1.807) is 24.3 Å². The molecule has 0 bridgehead atoms. The maximum atomic E-state index is 13.7. The fourth-order valence-electron chi connectivity index (χ4n) is 6.00. The molecule has 0 radical (unpaired) electrons. The number of likely N-dealkylation sites (N-methyl/N-ethyl adjacent to an activating group) is 1. The second kappa shape index (κ2) is 5.46. The normalized spacial score (nSPS) is 29.2. The number of hydrogen-bond acceptors (Lipinski definition) is 4. The highest BCUT2D eigenvalue weighted by Gasteiger charge is 2.76. The molecule has 2 atom stereocenters. The summed E-state index contributed by atoms with van der Waals surface area (Å²) in [5.41, 5.74) is -0.418. The van der Waals surface area contributed by atoms with Crippen LogP contribution in [0, 0.1) is 5.41 Å². The van der Waals surface area contributed by atoms with Crippen LogP contribution in [0.1, 0.15) is 51.5 Å². The van der Waals surface area contributed by atoms with E-state index in [1.165, 1.54) is 0 Å². The van der Waals surface area contributed by atoms with E-state index in [0.29, 0.717) is 30.5 Å². The van der Waals surface area contributed by atoms with Gasteiger partial charge in [-0.25, -0.2) is 0 Å². The lowest BCUT2D eigenvalue weighted by atomic mass is 9.59. The molecule has 1 saturated carbocycles. The van der Waals surface area contributed by atoms with Gasteiger partial charge in [0.25, 0.3) is 0 Å². The molecule has 5 rings (SSSR count). The molecule has 4 nitrogen and oxygen atoms in total. The summed E-state index contributed by atoms with van der Waals surface area (Å²) in [7, 11) is 1.83. The van der Waals surface area contributed by atoms with Crippen LogP contribution in [0.5, 0.6) is 0 Å². The van der Waals surface area contributed by atoms with E-state index in [1.807, 2.05) is 42.3 Å². The molecule has 0 unspecified atom stereocenters. The molecule has 4 heteroatoms. The van der Waals surface area contributed by atoms with Gasteiger partial charge in [-0.05, 0) is 25.5 Å². The van der Waals surface area contributed by atoms with E-state index in [0.717, 1.165) is 12.0 Å². The zero-order valence-corrected chi connectivity index (χ0v) is 15.3. The standard InChI is InChI=1S/C23H21NO3/c1-24-14-18(15-8-3-2-4-9-15)22(13-7-12-19(22)25)23(24)20(26)16-10-5-6-11-17(16)21(23)27/h2-6,8-11,18H,7,12-14H2,1H3/t18-,22+/m0/s1. The lowest BCUT2D eigenvalue weighted by Crippen LogP contribution is -2.62. The third-order valence-electron chi connectivity index (χ3n) is 7.02. The molecule has 2 fully saturated rings. The number of Topliss-reactive ketones (excluding diaryl/α,β-unsaturated/α-hetero) is 3. The largest absolute Gasteiger partial charge is 0.299 e. The minimum atomic E-state index is -1.40. The van der Waals surface area contributed by atoms with Gasteiger partial charge in [-0.1, -0.05) is 54.6 Å². The van der Waals surface area contributed by atoms with Crippen LogP contribution in [0.15, 0.2) is 54.6 Å². The van der Waals surface area contributed by atoms with Crippen LogP contribution in [0.3, 0.4) is 0 Å². The van der Waals surface area contributed by atoms with Crippen molar-refractivity contribution < 1.29 is 14.4 Å². The number of benzene rings is 2. The smallest absolute Gasteiger partial charge is 0.192 e. The van der Waals surface area contributed by atoms with E-state index >= 15 is 0 Å². The number of nitrogens with zero attached hydrogens (tertiary/aromatic N) is 1. The Morgan fingerprint density at radius 2 is 1.48 bits per heavy atom. The minimum absolute atomic E-state index is 0.0650. The van der Waals surface area contributed by atoms with Gasteiger partial charge in [0.1, 0.15) is 5.78 Å². The number of ketones is 3. The molecular formula is C23H21NO3. The van der Waals surface area contributed by atoms with Crippen molar-refractivity contribution in [2.75, 3.05) is 13.6 Å². The Morgan fingerprint density at radius 1 is 0.889 bits per heavy atom. The van der Waals surface area contributed by atoms with Crippen molar-refractivity contribution in [1.29, 1.82) is 0 Å². The van der Waals surface area contributed by atoms with Crippen LogP contribution in [-0.2, 0) is 4.79 Å². The molecule has 2 aromatic carbocycles. The number of carbonyl (C=O) groups excluding carboxylic acids is 3. The number of fused-ring (bicyclic) bond motifs is 2. The Hall–Kier alpha value is -2.59. The summed E-state index contributed by atoms with van der Waals surface area (Å²) in [6.07, 6.45) is 1.76. The van der Waals surface area contributed by atoms with Crippen LogP contribution in [0.4, 0.5) is 0 Å². The Morgan fingerprint density at radius 3 is 2.04 bits per heavy atom. The summed E-state index contributed by atoms with van der Waals surface area (Å²) >= 11 is 0. The number of carbonyl (C=O) groups is 3. The summed E-state index contributed by atoms with van der Waals surface area (Å²) in [6.45, 7) is 0.529. The first-order valence-corrected chi connectivity index (χ1v) is 9.53. The minimum Gasteiger partial charge on any atom is -0.299 e. The van der Waals surface area contributed by atoms with E-state index in [9.17, 15) is 14.4 Å². The zero-order chi connectivity index (χ0) is 18.8. The Labute approximate surface area is 158 Å². The van der Waals surface area contributed by atoms with Crippen molar-refractivity contribution in [3.8, 4) is 0 Å². The van der Waals surface area contributed by atoms with Crippen molar-refractivity contribution in [2.24, 2.45) is 5.41 Å². The highest BCUT2D eigenvalue weighted by Crippen LogP contribution is 2.63. The van der Waals surface area contributed by atoms with Gasteiger partial charge in [-0.2, -0.15) is 0 Å². The van der Waals surface area contributed by atoms with Crippen LogP contribution in [0.25, 0.3) is 0 Å². The number of rotatable bonds is 1. The van der Waals surface area contributed by atoms with Crippen LogP contribution in [-0.4, -0.2) is 41.4 Å². The van der Waals surface area contributed by atoms with Crippen LogP contribution < -0.4 is 0 Å². The molecule has 0 aromatic heterocycles. The van der Waals surface area contributed by atoms with Gasteiger partial charge in [0.05, 0.1) is 5.41 Å². The highest BCUT2D eigenvalue weighted by atomic mass is 16.2. The van der Waals surface area contributed by atoms with Gasteiger partial charge in [0.15, 0.2) is 17.1 Å². The number of hydrogen-bond donors (Lipinski definition) is 0. The molecule has 0 N–H and O–H groups in total. The monoisotopic (exact) mass is 359 g/mol. The molecule has 1 aliphatic heterocycles. The molecule has 0 amide bonds. The van der Waals surface area contributed by atoms with Gasteiger partial charge in [0, 0.05) is 30.0 Å². The first-order chi connectivity index (χ1) is 13.0. The quantitative estimate of drug-likeness (QED) is 0.734. The second-order valence-corrected chi connectivity index (χ2v) is 8.01. The lowest BCUT2D eigenvalue weighted by Gasteiger charge is -2.42. The molecule has 1 saturated heterocycles. The third-order valence-corrected chi connectivity index (χ3v) is 7.02. The molecular weight excluding hydrogens is 338 g/mol. The van der Waals surface area contributed by atoms with Gasteiger partial charge in [-0.3, -0.25) is 19.3 Å². The Balaban J connectivity index is 1.79. The molecule has 27 heavy (non-hydrogen) atoms. The molecule has 2 aliphatic carbocycles. The molecule has 136 valence electrons. The summed E-state index contributed by atoms with van der Waals surface area (Å²) in [5.74, 6) is -0.477. The Bertz CT molecular complexity index is 945. The molecule has 1 heterocycles. The first-order valence-electron chi connectivity index (χ1n) is 9.53. The van der Waals surface area contributed by atoms with Crippen molar-refractivity contribution >= 4 is 17.3 Å². The fourth-order valence-corrected chi connectivity index (χ4v) is 6.00. The average Bonchev–Trinajstić information content (AvgIpc) is 3.28. The summed E-state index contributed by atoms with van der Waals surface area (Å²) in [4.78, 5) is 42.7. The van der Waals surface area contributed by atoms with E-state index in [2.05, 4.69) is 0 Å². The average molecular weight is 359 g/mol. The summed E-state index contributed by atoms with van der Waals surface area (Å²) in [5, 5.41) is 0. The van der Waals surface area contributed by atoms with Crippen molar-refractivity contribution in [1.82, 2.24) is 4.90 Å². The van der Waals surface area contributed by atoms with Crippen molar-refractivity contribution in [3.05, 3.63) is 71.3 Å². The molecule has 3 aliphatic rings. The Kier molecular flexibility index (Phi) is 3.35. The zero-order valence-electron chi connectivity index (χ0n) is 15.3. The van der Waals surface area contributed by atoms with E-state index in [4.69, 9.17) is 0 Å². The van der Waals surface area contributed by atoms with Gasteiger partial charge < -0.3 is 0 Å². The van der Waals surface area contributed by atoms with Gasteiger partial charge >= 0.3 is 0 Å². The molecule has 2 spiro atoms. The van der Waals surface area contributed by atoms with Gasteiger partial charge in [-0.15, -0.1) is 0 Å². The first kappa shape index (κ1) is 16.6. The highest BCUT2D eigenvalue weighted by molar-refractivity contribution is 6.35. The van der Waals surface area contributed by atoms with Crippen LogP contribution in [0.2, 0.25) is 0 Å². The maximum Gasteiger partial charge on any atom is 0.192 e. The van der Waals surface area contributed by atoms with Crippen molar-refractivity contribution in [2.45, 2.75) is 30.7 Å².